The van der Waals surface area contributed by atoms with Crippen molar-refractivity contribution in [2.75, 3.05) is 24.3 Å². The van der Waals surface area contributed by atoms with Gasteiger partial charge in [-0.15, -0.1) is 0 Å². The first-order valence-electron chi connectivity index (χ1n) is 5.18. The van der Waals surface area contributed by atoms with Gasteiger partial charge in [0, 0.05) is 38.7 Å². The zero-order valence-electron chi connectivity index (χ0n) is 9.81. The van der Waals surface area contributed by atoms with Crippen LogP contribution in [0, 0.1) is 0 Å². The van der Waals surface area contributed by atoms with E-state index in [0.717, 1.165) is 11.4 Å². The number of hydrogen-bond donors (Lipinski definition) is 1. The quantitative estimate of drug-likeness (QED) is 0.854. The van der Waals surface area contributed by atoms with Gasteiger partial charge in [-0.1, -0.05) is 6.07 Å². The molecule has 1 N–H and O–H groups in total. The van der Waals surface area contributed by atoms with Crippen molar-refractivity contribution < 1.29 is 0 Å². The van der Waals surface area contributed by atoms with Crippen molar-refractivity contribution in [2.24, 2.45) is 7.05 Å². The molecule has 0 unspecified atom stereocenters. The van der Waals surface area contributed by atoms with Gasteiger partial charge in [-0.2, -0.15) is 5.10 Å². The molecule has 0 amide bonds. The topological polar surface area (TPSA) is 33.1 Å². The minimum atomic E-state index is 0.999. The van der Waals surface area contributed by atoms with E-state index in [4.69, 9.17) is 0 Å². The van der Waals surface area contributed by atoms with Crippen molar-refractivity contribution in [1.82, 2.24) is 9.78 Å². The molecule has 1 aromatic heterocycles. The Morgan fingerprint density at radius 2 is 2.06 bits per heavy atom. The highest BCUT2D eigenvalue weighted by Crippen LogP contribution is 2.20. The Bertz CT molecular complexity index is 473. The first-order chi connectivity index (χ1) is 7.65. The summed E-state index contributed by atoms with van der Waals surface area (Å²) in [4.78, 5) is 2.08. The summed E-state index contributed by atoms with van der Waals surface area (Å²) < 4.78 is 1.78. The maximum atomic E-state index is 4.11. The number of benzene rings is 1. The van der Waals surface area contributed by atoms with Crippen LogP contribution in [0.3, 0.4) is 0 Å². The van der Waals surface area contributed by atoms with Gasteiger partial charge in [0.05, 0.1) is 11.9 Å². The van der Waals surface area contributed by atoms with Gasteiger partial charge in [0.1, 0.15) is 0 Å². The van der Waals surface area contributed by atoms with Crippen molar-refractivity contribution in [3.8, 4) is 0 Å². The first kappa shape index (κ1) is 10.5. The first-order valence-corrected chi connectivity index (χ1v) is 5.18. The third-order valence-electron chi connectivity index (χ3n) is 2.36. The number of nitrogens with one attached hydrogen (secondary N) is 1. The third kappa shape index (κ3) is 2.34. The number of nitrogens with zero attached hydrogens (tertiary/aromatic N) is 3. The van der Waals surface area contributed by atoms with Crippen LogP contribution in [0.5, 0.6) is 0 Å². The van der Waals surface area contributed by atoms with Gasteiger partial charge in [-0.3, -0.25) is 4.68 Å². The van der Waals surface area contributed by atoms with Gasteiger partial charge in [0.2, 0.25) is 0 Å². The van der Waals surface area contributed by atoms with Gasteiger partial charge in [0.15, 0.2) is 0 Å². The second kappa shape index (κ2) is 4.26. The molecular formula is C12H16N4. The summed E-state index contributed by atoms with van der Waals surface area (Å²) in [6, 6.07) is 8.26. The van der Waals surface area contributed by atoms with Crippen molar-refractivity contribution in [3.05, 3.63) is 36.7 Å². The van der Waals surface area contributed by atoms with E-state index >= 15 is 0 Å². The number of aryl methyl sites for hydroxylation is 1. The lowest BCUT2D eigenvalue weighted by Gasteiger charge is -2.13. The number of hydrogen-bond acceptors (Lipinski definition) is 3. The summed E-state index contributed by atoms with van der Waals surface area (Å²) in [7, 11) is 5.97. The molecule has 0 aliphatic carbocycles. The van der Waals surface area contributed by atoms with Crippen LogP contribution in [0.25, 0.3) is 0 Å². The Morgan fingerprint density at radius 1 is 1.25 bits per heavy atom. The predicted molar refractivity (Wildman–Crippen MR) is 67.3 cm³/mol. The zero-order valence-corrected chi connectivity index (χ0v) is 9.81. The Kier molecular flexibility index (Phi) is 2.81. The Labute approximate surface area is 95.5 Å². The minimum Gasteiger partial charge on any atom is -0.378 e. The molecule has 0 aliphatic rings. The minimum absolute atomic E-state index is 0.999. The lowest BCUT2D eigenvalue weighted by atomic mass is 10.2. The van der Waals surface area contributed by atoms with Crippen LogP contribution >= 0.6 is 0 Å². The zero-order chi connectivity index (χ0) is 11.5. The third-order valence-corrected chi connectivity index (χ3v) is 2.36. The average molecular weight is 216 g/mol. The maximum Gasteiger partial charge on any atom is 0.0770 e. The summed E-state index contributed by atoms with van der Waals surface area (Å²) >= 11 is 0. The van der Waals surface area contributed by atoms with Crippen molar-refractivity contribution in [3.63, 3.8) is 0 Å². The summed E-state index contributed by atoms with van der Waals surface area (Å²) in [5.41, 5.74) is 3.24. The Morgan fingerprint density at radius 3 is 2.69 bits per heavy atom. The number of aromatic nitrogens is 2. The van der Waals surface area contributed by atoms with Crippen LogP contribution in [0.15, 0.2) is 36.7 Å². The van der Waals surface area contributed by atoms with E-state index in [1.54, 1.807) is 4.68 Å². The average Bonchev–Trinajstić information content (AvgIpc) is 2.64. The van der Waals surface area contributed by atoms with Gasteiger partial charge in [-0.05, 0) is 18.2 Å². The smallest absolute Gasteiger partial charge is 0.0770 e. The Hall–Kier alpha value is -1.97. The highest BCUT2D eigenvalue weighted by molar-refractivity contribution is 5.63. The van der Waals surface area contributed by atoms with Crippen LogP contribution in [0.2, 0.25) is 0 Å². The molecule has 0 fully saturated rings. The molecule has 0 radical (unpaired) electrons. The van der Waals surface area contributed by atoms with Crippen LogP contribution < -0.4 is 10.2 Å². The van der Waals surface area contributed by atoms with E-state index in [1.165, 1.54) is 5.69 Å². The molecule has 0 bridgehead atoms. The summed E-state index contributed by atoms with van der Waals surface area (Å²) in [6.07, 6.45) is 3.75. The lowest BCUT2D eigenvalue weighted by Crippen LogP contribution is -2.08. The SMILES string of the molecule is CN(C)c1cccc(Nc2cnn(C)c2)c1. The van der Waals surface area contributed by atoms with Crippen molar-refractivity contribution in [1.29, 1.82) is 0 Å². The second-order valence-corrected chi connectivity index (χ2v) is 3.97. The summed E-state index contributed by atoms with van der Waals surface area (Å²) in [6.45, 7) is 0. The second-order valence-electron chi connectivity index (χ2n) is 3.97. The molecule has 0 saturated carbocycles. The largest absolute Gasteiger partial charge is 0.378 e. The van der Waals surface area contributed by atoms with Crippen molar-refractivity contribution >= 4 is 17.1 Å². The molecular weight excluding hydrogens is 200 g/mol. The highest BCUT2D eigenvalue weighted by atomic mass is 15.3. The molecule has 2 rings (SSSR count). The van der Waals surface area contributed by atoms with E-state index in [2.05, 4.69) is 27.4 Å². The fourth-order valence-corrected chi connectivity index (χ4v) is 1.51. The predicted octanol–water partition coefficient (Wildman–Crippen LogP) is 2.23. The molecule has 4 nitrogen and oxygen atoms in total. The molecule has 16 heavy (non-hydrogen) atoms. The van der Waals surface area contributed by atoms with E-state index < -0.39 is 0 Å². The fourth-order valence-electron chi connectivity index (χ4n) is 1.51. The molecule has 84 valence electrons. The van der Waals surface area contributed by atoms with Gasteiger partial charge in [-0.25, -0.2) is 0 Å². The van der Waals surface area contributed by atoms with E-state index in [1.807, 2.05) is 45.7 Å². The standard InChI is InChI=1S/C12H16N4/c1-15(2)12-6-4-5-10(7-12)14-11-8-13-16(3)9-11/h4-9,14H,1-3H3. The van der Waals surface area contributed by atoms with Gasteiger partial charge < -0.3 is 10.2 Å². The summed E-state index contributed by atoms with van der Waals surface area (Å²) in [5.74, 6) is 0. The molecule has 4 heteroatoms. The van der Waals surface area contributed by atoms with Crippen LogP contribution in [0.1, 0.15) is 0 Å². The van der Waals surface area contributed by atoms with Gasteiger partial charge >= 0.3 is 0 Å². The molecule has 1 aromatic carbocycles. The van der Waals surface area contributed by atoms with Crippen LogP contribution in [-0.2, 0) is 7.05 Å². The molecule has 0 aliphatic heterocycles. The molecule has 2 aromatic rings. The number of anilines is 3. The van der Waals surface area contributed by atoms with E-state index in [9.17, 15) is 0 Å². The molecule has 0 spiro atoms. The van der Waals surface area contributed by atoms with E-state index in [-0.39, 0.29) is 0 Å². The Balaban J connectivity index is 2.18. The normalized spacial score (nSPS) is 10.2. The van der Waals surface area contributed by atoms with Gasteiger partial charge in [0.25, 0.3) is 0 Å². The molecule has 0 saturated heterocycles. The van der Waals surface area contributed by atoms with Crippen molar-refractivity contribution in [2.45, 2.75) is 0 Å². The molecule has 0 atom stereocenters. The van der Waals surface area contributed by atoms with E-state index in [0.29, 0.717) is 0 Å². The van der Waals surface area contributed by atoms with Crippen LogP contribution in [0.4, 0.5) is 17.1 Å². The monoisotopic (exact) mass is 216 g/mol. The lowest BCUT2D eigenvalue weighted by molar-refractivity contribution is 0.768. The highest BCUT2D eigenvalue weighted by Gasteiger charge is 1.99. The van der Waals surface area contributed by atoms with Crippen LogP contribution in [-0.4, -0.2) is 23.9 Å². The summed E-state index contributed by atoms with van der Waals surface area (Å²) in [5, 5.41) is 7.42. The fraction of sp³-hybridized carbons (Fsp3) is 0.250. The maximum absolute atomic E-state index is 4.11. The number of rotatable bonds is 3. The molecule has 1 heterocycles.